The number of hydrogen-bond donors (Lipinski definition) is 2. The quantitative estimate of drug-likeness (QED) is 0.764. The van der Waals surface area contributed by atoms with Gasteiger partial charge in [0, 0.05) is 18.9 Å². The third-order valence-corrected chi connectivity index (χ3v) is 2.17. The van der Waals surface area contributed by atoms with Gasteiger partial charge in [0.2, 0.25) is 0 Å². The van der Waals surface area contributed by atoms with Crippen LogP contribution in [0.25, 0.3) is 0 Å². The minimum Gasteiger partial charge on any atom is -0.481 e. The molecule has 1 rings (SSSR count). The average molecular weight is 209 g/mol. The molecule has 5 nitrogen and oxygen atoms in total. The van der Waals surface area contributed by atoms with Gasteiger partial charge in [-0.25, -0.2) is 4.98 Å². The van der Waals surface area contributed by atoms with Gasteiger partial charge in [-0.2, -0.15) is 0 Å². The summed E-state index contributed by atoms with van der Waals surface area (Å²) in [5.74, 6) is -0.391. The summed E-state index contributed by atoms with van der Waals surface area (Å²) in [6, 6.07) is 0. The van der Waals surface area contributed by atoms with Crippen LogP contribution < -0.4 is 5.32 Å². The number of aryl methyl sites for hydroxylation is 1. The number of rotatable bonds is 5. The fraction of sp³-hybridized carbons (Fsp3) is 0.500. The van der Waals surface area contributed by atoms with Crippen molar-refractivity contribution in [3.05, 3.63) is 18.1 Å². The van der Waals surface area contributed by atoms with Crippen molar-refractivity contribution in [2.24, 2.45) is 5.92 Å². The first kappa shape index (κ1) is 11.4. The third-order valence-electron chi connectivity index (χ3n) is 2.17. The normalized spacial score (nSPS) is 12.1. The zero-order valence-electron chi connectivity index (χ0n) is 8.90. The molecule has 0 saturated heterocycles. The molecule has 0 aromatic carbocycles. The number of carboxylic acids is 1. The number of anilines is 1. The molecule has 0 amide bonds. The molecule has 1 aromatic heterocycles. The zero-order valence-corrected chi connectivity index (χ0v) is 8.90. The Morgan fingerprint density at radius 3 is 2.80 bits per heavy atom. The van der Waals surface area contributed by atoms with Crippen LogP contribution in [0.5, 0.6) is 0 Å². The van der Waals surface area contributed by atoms with E-state index < -0.39 is 5.97 Å². The van der Waals surface area contributed by atoms with Crippen LogP contribution in [0.2, 0.25) is 0 Å². The van der Waals surface area contributed by atoms with E-state index in [1.54, 1.807) is 19.3 Å². The van der Waals surface area contributed by atoms with E-state index in [1.807, 2.05) is 6.92 Å². The fourth-order valence-electron chi connectivity index (χ4n) is 1.11. The van der Waals surface area contributed by atoms with E-state index in [-0.39, 0.29) is 5.92 Å². The van der Waals surface area contributed by atoms with Gasteiger partial charge in [-0.15, -0.1) is 0 Å². The lowest BCUT2D eigenvalue weighted by atomic mass is 10.1. The molecular formula is C10H15N3O2. The first-order valence-electron chi connectivity index (χ1n) is 4.85. The van der Waals surface area contributed by atoms with Crippen molar-refractivity contribution in [2.75, 3.05) is 11.9 Å². The van der Waals surface area contributed by atoms with Crippen LogP contribution in [0, 0.1) is 12.8 Å². The summed E-state index contributed by atoms with van der Waals surface area (Å²) in [4.78, 5) is 18.7. The fourth-order valence-corrected chi connectivity index (χ4v) is 1.11. The summed E-state index contributed by atoms with van der Waals surface area (Å²) < 4.78 is 0. The van der Waals surface area contributed by atoms with Gasteiger partial charge >= 0.3 is 5.97 Å². The number of nitrogens with one attached hydrogen (secondary N) is 1. The number of hydrogen-bond acceptors (Lipinski definition) is 4. The Bertz CT molecular complexity index is 341. The Morgan fingerprint density at radius 1 is 1.53 bits per heavy atom. The Morgan fingerprint density at radius 2 is 2.20 bits per heavy atom. The van der Waals surface area contributed by atoms with E-state index in [0.717, 1.165) is 11.5 Å². The standard InChI is InChI=1S/C10H15N3O2/c1-7(10(14)15)3-4-12-9-8(2)11-5-6-13-9/h5-7H,3-4H2,1-2H3,(H,12,13)(H,14,15). The van der Waals surface area contributed by atoms with Crippen molar-refractivity contribution in [1.82, 2.24) is 9.97 Å². The molecule has 1 atom stereocenters. The molecule has 0 aliphatic heterocycles. The maximum absolute atomic E-state index is 10.6. The SMILES string of the molecule is Cc1nccnc1NCCC(C)C(=O)O. The van der Waals surface area contributed by atoms with Crippen LogP contribution in [-0.4, -0.2) is 27.6 Å². The molecule has 0 fully saturated rings. The molecule has 2 N–H and O–H groups in total. The number of nitrogens with zero attached hydrogens (tertiary/aromatic N) is 2. The van der Waals surface area contributed by atoms with E-state index >= 15 is 0 Å². The third kappa shape index (κ3) is 3.53. The molecule has 0 spiro atoms. The largest absolute Gasteiger partial charge is 0.481 e. The molecule has 0 aliphatic rings. The van der Waals surface area contributed by atoms with Gasteiger partial charge in [0.05, 0.1) is 11.6 Å². The lowest BCUT2D eigenvalue weighted by Crippen LogP contribution is -2.15. The van der Waals surface area contributed by atoms with Gasteiger partial charge in [0.25, 0.3) is 0 Å². The highest BCUT2D eigenvalue weighted by Crippen LogP contribution is 2.07. The van der Waals surface area contributed by atoms with Crippen LogP contribution in [-0.2, 0) is 4.79 Å². The van der Waals surface area contributed by atoms with Crippen molar-refractivity contribution in [3.8, 4) is 0 Å². The summed E-state index contributed by atoms with van der Waals surface area (Å²) in [6.07, 6.45) is 3.81. The smallest absolute Gasteiger partial charge is 0.306 e. The van der Waals surface area contributed by atoms with Crippen LogP contribution >= 0.6 is 0 Å². The van der Waals surface area contributed by atoms with Crippen molar-refractivity contribution in [2.45, 2.75) is 20.3 Å². The average Bonchev–Trinajstić information content (AvgIpc) is 2.20. The predicted molar refractivity (Wildman–Crippen MR) is 56.7 cm³/mol. The maximum Gasteiger partial charge on any atom is 0.306 e. The number of carboxylic acid groups (broad SMARTS) is 1. The second kappa shape index (κ2) is 5.29. The summed E-state index contributed by atoms with van der Waals surface area (Å²) >= 11 is 0. The van der Waals surface area contributed by atoms with Gasteiger partial charge in [-0.05, 0) is 13.3 Å². The molecule has 82 valence electrons. The van der Waals surface area contributed by atoms with E-state index in [4.69, 9.17) is 5.11 Å². The predicted octanol–water partition coefficient (Wildman–Crippen LogP) is 1.31. The van der Waals surface area contributed by atoms with Crippen LogP contribution in [0.15, 0.2) is 12.4 Å². The summed E-state index contributed by atoms with van der Waals surface area (Å²) in [5, 5.41) is 11.7. The Kier molecular flexibility index (Phi) is 4.03. The van der Waals surface area contributed by atoms with Gasteiger partial charge in [-0.1, -0.05) is 6.92 Å². The minimum atomic E-state index is -0.771. The van der Waals surface area contributed by atoms with E-state index in [2.05, 4.69) is 15.3 Å². The zero-order chi connectivity index (χ0) is 11.3. The van der Waals surface area contributed by atoms with Crippen molar-refractivity contribution in [1.29, 1.82) is 0 Å². The molecular weight excluding hydrogens is 194 g/mol. The van der Waals surface area contributed by atoms with Gasteiger partial charge in [0.1, 0.15) is 5.82 Å². The highest BCUT2D eigenvalue weighted by atomic mass is 16.4. The Balaban J connectivity index is 2.38. The molecule has 5 heteroatoms. The van der Waals surface area contributed by atoms with E-state index in [9.17, 15) is 4.79 Å². The van der Waals surface area contributed by atoms with Crippen molar-refractivity contribution < 1.29 is 9.90 Å². The summed E-state index contributed by atoms with van der Waals surface area (Å²) in [6.45, 7) is 4.14. The Hall–Kier alpha value is -1.65. The van der Waals surface area contributed by atoms with Crippen LogP contribution in [0.3, 0.4) is 0 Å². The van der Waals surface area contributed by atoms with Crippen molar-refractivity contribution in [3.63, 3.8) is 0 Å². The molecule has 0 bridgehead atoms. The first-order valence-corrected chi connectivity index (χ1v) is 4.85. The van der Waals surface area contributed by atoms with Crippen LogP contribution in [0.4, 0.5) is 5.82 Å². The second-order valence-corrected chi connectivity index (χ2v) is 3.45. The van der Waals surface area contributed by atoms with Crippen LogP contribution in [0.1, 0.15) is 19.0 Å². The highest BCUT2D eigenvalue weighted by Gasteiger charge is 2.10. The van der Waals surface area contributed by atoms with Gasteiger partial charge in [0.15, 0.2) is 0 Å². The minimum absolute atomic E-state index is 0.338. The number of carbonyl (C=O) groups is 1. The lowest BCUT2D eigenvalue weighted by molar-refractivity contribution is -0.141. The first-order chi connectivity index (χ1) is 7.11. The van der Waals surface area contributed by atoms with E-state index in [0.29, 0.717) is 13.0 Å². The molecule has 1 heterocycles. The molecule has 1 unspecified atom stereocenters. The lowest BCUT2D eigenvalue weighted by Gasteiger charge is -2.09. The maximum atomic E-state index is 10.6. The molecule has 1 aromatic rings. The number of aliphatic carboxylic acids is 1. The number of aromatic nitrogens is 2. The van der Waals surface area contributed by atoms with Crippen molar-refractivity contribution >= 4 is 11.8 Å². The highest BCUT2D eigenvalue weighted by molar-refractivity contribution is 5.69. The Labute approximate surface area is 88.6 Å². The molecule has 15 heavy (non-hydrogen) atoms. The summed E-state index contributed by atoms with van der Waals surface area (Å²) in [7, 11) is 0. The second-order valence-electron chi connectivity index (χ2n) is 3.45. The van der Waals surface area contributed by atoms with Gasteiger partial charge < -0.3 is 10.4 Å². The van der Waals surface area contributed by atoms with Gasteiger partial charge in [-0.3, -0.25) is 9.78 Å². The molecule has 0 saturated carbocycles. The molecule has 0 aliphatic carbocycles. The summed E-state index contributed by atoms with van der Waals surface area (Å²) in [5.41, 5.74) is 0.820. The van der Waals surface area contributed by atoms with E-state index in [1.165, 1.54) is 0 Å². The molecule has 0 radical (unpaired) electrons. The monoisotopic (exact) mass is 209 g/mol. The topological polar surface area (TPSA) is 75.1 Å².